The average Bonchev–Trinajstić information content (AvgIpc) is 3.12. The Morgan fingerprint density at radius 2 is 2.13 bits per heavy atom. The summed E-state index contributed by atoms with van der Waals surface area (Å²) in [5.74, 6) is -0.0454. The van der Waals surface area contributed by atoms with Crippen LogP contribution in [0.3, 0.4) is 0 Å². The Morgan fingerprint density at radius 1 is 1.39 bits per heavy atom. The van der Waals surface area contributed by atoms with Gasteiger partial charge in [-0.15, -0.1) is 0 Å². The van der Waals surface area contributed by atoms with Crippen LogP contribution in [-0.4, -0.2) is 27.4 Å². The number of furan rings is 1. The largest absolute Gasteiger partial charge is 0.451 e. The standard InChI is InChI=1S/C16H15F2N3O2/c1-10-11-5-3-4-6-12(11)23-14(10)15(22)20(2)9-13-19-7-8-21(13)16(17)18/h3-8,16H,9H2,1-2H3. The number of amides is 1. The maximum atomic E-state index is 12.8. The number of carbonyl (C=O) groups excluding carboxylic acids is 1. The Morgan fingerprint density at radius 3 is 2.83 bits per heavy atom. The van der Waals surface area contributed by atoms with E-state index in [1.807, 2.05) is 18.2 Å². The first-order valence-electron chi connectivity index (χ1n) is 7.02. The zero-order valence-corrected chi connectivity index (χ0v) is 12.7. The van der Waals surface area contributed by atoms with Gasteiger partial charge < -0.3 is 9.32 Å². The molecule has 0 spiro atoms. The number of aryl methyl sites for hydroxylation is 1. The van der Waals surface area contributed by atoms with Crippen molar-refractivity contribution in [3.05, 3.63) is 53.8 Å². The topological polar surface area (TPSA) is 51.3 Å². The van der Waals surface area contributed by atoms with Crippen LogP contribution in [0.25, 0.3) is 11.0 Å². The van der Waals surface area contributed by atoms with Crippen molar-refractivity contribution in [2.24, 2.45) is 0 Å². The lowest BCUT2D eigenvalue weighted by Crippen LogP contribution is -2.28. The number of imidazole rings is 1. The summed E-state index contributed by atoms with van der Waals surface area (Å²) >= 11 is 0. The Labute approximate surface area is 131 Å². The van der Waals surface area contributed by atoms with Crippen LogP contribution in [0.15, 0.2) is 41.1 Å². The van der Waals surface area contributed by atoms with Gasteiger partial charge in [0.25, 0.3) is 5.91 Å². The SMILES string of the molecule is Cc1c(C(=O)N(C)Cc2nccn2C(F)F)oc2ccccc12. The summed E-state index contributed by atoms with van der Waals surface area (Å²) < 4.78 is 32.0. The van der Waals surface area contributed by atoms with E-state index in [9.17, 15) is 13.6 Å². The normalized spacial score (nSPS) is 11.3. The van der Waals surface area contributed by atoms with E-state index in [-0.39, 0.29) is 24.0 Å². The molecule has 3 rings (SSSR count). The molecule has 0 unspecified atom stereocenters. The number of hydrogen-bond acceptors (Lipinski definition) is 3. The molecule has 0 aliphatic rings. The van der Waals surface area contributed by atoms with Crippen LogP contribution in [0.2, 0.25) is 0 Å². The van der Waals surface area contributed by atoms with Gasteiger partial charge in [0.1, 0.15) is 11.4 Å². The summed E-state index contributed by atoms with van der Waals surface area (Å²) in [7, 11) is 1.53. The molecule has 1 aromatic carbocycles. The fraction of sp³-hybridized carbons (Fsp3) is 0.250. The average molecular weight is 319 g/mol. The molecule has 0 fully saturated rings. The first-order valence-corrected chi connectivity index (χ1v) is 7.02. The lowest BCUT2D eigenvalue weighted by molar-refractivity contribution is 0.0604. The van der Waals surface area contributed by atoms with E-state index in [1.54, 1.807) is 13.0 Å². The summed E-state index contributed by atoms with van der Waals surface area (Å²) in [5.41, 5.74) is 1.35. The minimum absolute atomic E-state index is 0.0351. The van der Waals surface area contributed by atoms with Crippen molar-refractivity contribution in [3.8, 4) is 0 Å². The van der Waals surface area contributed by atoms with Crippen LogP contribution in [0.5, 0.6) is 0 Å². The summed E-state index contributed by atoms with van der Waals surface area (Å²) in [6.07, 6.45) is 2.47. The molecule has 2 aromatic heterocycles. The second kappa shape index (κ2) is 5.83. The molecular weight excluding hydrogens is 304 g/mol. The Kier molecular flexibility index (Phi) is 3.85. The zero-order chi connectivity index (χ0) is 16.6. The van der Waals surface area contributed by atoms with Crippen LogP contribution in [0.4, 0.5) is 8.78 Å². The minimum Gasteiger partial charge on any atom is -0.451 e. The highest BCUT2D eigenvalue weighted by atomic mass is 19.3. The lowest BCUT2D eigenvalue weighted by atomic mass is 10.1. The summed E-state index contributed by atoms with van der Waals surface area (Å²) in [6, 6.07) is 7.34. The number of alkyl halides is 2. The van der Waals surface area contributed by atoms with E-state index in [0.717, 1.165) is 15.5 Å². The molecule has 1 amide bonds. The molecule has 7 heteroatoms. The Hall–Kier alpha value is -2.70. The maximum absolute atomic E-state index is 12.8. The molecule has 0 N–H and O–H groups in total. The number of rotatable bonds is 4. The second-order valence-corrected chi connectivity index (χ2v) is 5.24. The second-order valence-electron chi connectivity index (χ2n) is 5.24. The van der Waals surface area contributed by atoms with Crippen molar-refractivity contribution in [1.82, 2.24) is 14.5 Å². The fourth-order valence-corrected chi connectivity index (χ4v) is 2.48. The van der Waals surface area contributed by atoms with Crippen molar-refractivity contribution in [2.45, 2.75) is 20.0 Å². The lowest BCUT2D eigenvalue weighted by Gasteiger charge is -2.16. The van der Waals surface area contributed by atoms with Gasteiger partial charge in [-0.2, -0.15) is 8.78 Å². The highest BCUT2D eigenvalue weighted by Gasteiger charge is 2.22. The van der Waals surface area contributed by atoms with E-state index in [4.69, 9.17) is 4.42 Å². The summed E-state index contributed by atoms with van der Waals surface area (Å²) in [6.45, 7) is -0.927. The fourth-order valence-electron chi connectivity index (χ4n) is 2.48. The van der Waals surface area contributed by atoms with Gasteiger partial charge in [0.2, 0.25) is 0 Å². The van der Waals surface area contributed by atoms with Crippen molar-refractivity contribution >= 4 is 16.9 Å². The molecule has 3 aromatic rings. The van der Waals surface area contributed by atoms with Crippen molar-refractivity contribution < 1.29 is 18.0 Å². The maximum Gasteiger partial charge on any atom is 0.319 e. The van der Waals surface area contributed by atoms with E-state index >= 15 is 0 Å². The predicted molar refractivity (Wildman–Crippen MR) is 80.2 cm³/mol. The number of fused-ring (bicyclic) bond motifs is 1. The molecule has 2 heterocycles. The third-order valence-corrected chi connectivity index (χ3v) is 3.72. The highest BCUT2D eigenvalue weighted by Crippen LogP contribution is 2.26. The Balaban J connectivity index is 1.86. The van der Waals surface area contributed by atoms with E-state index in [0.29, 0.717) is 5.58 Å². The molecule has 0 aliphatic carbocycles. The molecular formula is C16H15F2N3O2. The van der Waals surface area contributed by atoms with Gasteiger partial charge in [-0.05, 0) is 13.0 Å². The number of nitrogens with zero attached hydrogens (tertiary/aromatic N) is 3. The molecule has 0 bridgehead atoms. The van der Waals surface area contributed by atoms with Crippen LogP contribution in [0.1, 0.15) is 28.5 Å². The first-order chi connectivity index (χ1) is 11.0. The van der Waals surface area contributed by atoms with Crippen molar-refractivity contribution in [1.29, 1.82) is 0 Å². The third-order valence-electron chi connectivity index (χ3n) is 3.72. The molecule has 0 radical (unpaired) electrons. The molecule has 0 saturated heterocycles. The molecule has 120 valence electrons. The van der Waals surface area contributed by atoms with Gasteiger partial charge in [-0.3, -0.25) is 9.36 Å². The molecule has 23 heavy (non-hydrogen) atoms. The van der Waals surface area contributed by atoms with Crippen molar-refractivity contribution in [3.63, 3.8) is 0 Å². The monoisotopic (exact) mass is 319 g/mol. The van der Waals surface area contributed by atoms with E-state index < -0.39 is 6.55 Å². The van der Waals surface area contributed by atoms with Gasteiger partial charge in [0, 0.05) is 30.4 Å². The van der Waals surface area contributed by atoms with Crippen LogP contribution in [0, 0.1) is 6.92 Å². The van der Waals surface area contributed by atoms with Gasteiger partial charge in [-0.25, -0.2) is 4.98 Å². The summed E-state index contributed by atoms with van der Waals surface area (Å²) in [5, 5.41) is 0.860. The van der Waals surface area contributed by atoms with Gasteiger partial charge in [0.15, 0.2) is 5.76 Å². The van der Waals surface area contributed by atoms with Crippen LogP contribution < -0.4 is 0 Å². The zero-order valence-electron chi connectivity index (χ0n) is 12.7. The van der Waals surface area contributed by atoms with Gasteiger partial charge >= 0.3 is 6.55 Å². The van der Waals surface area contributed by atoms with Crippen LogP contribution >= 0.6 is 0 Å². The van der Waals surface area contributed by atoms with Gasteiger partial charge in [-0.1, -0.05) is 18.2 Å². The number of carbonyl (C=O) groups is 1. The molecule has 0 aliphatic heterocycles. The van der Waals surface area contributed by atoms with Crippen molar-refractivity contribution in [2.75, 3.05) is 7.05 Å². The number of aromatic nitrogens is 2. The highest BCUT2D eigenvalue weighted by molar-refractivity contribution is 5.98. The number of hydrogen-bond donors (Lipinski definition) is 0. The number of halogens is 2. The number of para-hydroxylation sites is 1. The van der Waals surface area contributed by atoms with Gasteiger partial charge in [0.05, 0.1) is 6.54 Å². The van der Waals surface area contributed by atoms with Crippen LogP contribution in [-0.2, 0) is 6.54 Å². The van der Waals surface area contributed by atoms with E-state index in [1.165, 1.54) is 24.3 Å². The first kappa shape index (κ1) is 15.2. The Bertz CT molecular complexity index is 854. The van der Waals surface area contributed by atoms with E-state index in [2.05, 4.69) is 4.98 Å². The quantitative estimate of drug-likeness (QED) is 0.738. The predicted octanol–water partition coefficient (Wildman–Crippen LogP) is 3.61. The molecule has 0 saturated carbocycles. The minimum atomic E-state index is -2.69. The summed E-state index contributed by atoms with van der Waals surface area (Å²) in [4.78, 5) is 17.7. The molecule has 0 atom stereocenters. The molecule has 5 nitrogen and oxygen atoms in total. The number of benzene rings is 1. The smallest absolute Gasteiger partial charge is 0.319 e. The third kappa shape index (κ3) is 2.69.